The monoisotopic (exact) mass is 248 g/mol. The number of carbonyl (C=O) groups is 1. The first-order valence-electron chi connectivity index (χ1n) is 6.48. The Bertz CT molecular complexity index is 381. The van der Waals surface area contributed by atoms with E-state index in [4.69, 9.17) is 10.5 Å². The molecule has 0 heterocycles. The number of rotatable bonds is 3. The maximum atomic E-state index is 11.6. The first kappa shape index (κ1) is 12.9. The number of carbonyl (C=O) groups excluding carboxylic acids is 1. The molecule has 1 saturated carbocycles. The summed E-state index contributed by atoms with van der Waals surface area (Å²) in [7, 11) is 0. The van der Waals surface area contributed by atoms with Gasteiger partial charge in [-0.15, -0.1) is 0 Å². The zero-order valence-corrected chi connectivity index (χ0v) is 10.5. The Morgan fingerprint density at radius 3 is 2.83 bits per heavy atom. The molecule has 1 fully saturated rings. The van der Waals surface area contributed by atoms with E-state index in [1.54, 1.807) is 0 Å². The van der Waals surface area contributed by atoms with Gasteiger partial charge < -0.3 is 15.8 Å². The molecule has 0 aliphatic heterocycles. The van der Waals surface area contributed by atoms with E-state index >= 15 is 0 Å². The fraction of sp³-hybridized carbons (Fsp3) is 0.500. The SMILES string of the molecule is NC1CCCC(OC(=O)NCc2ccccc2)C1. The molecule has 1 aliphatic carbocycles. The van der Waals surface area contributed by atoms with Crippen LogP contribution >= 0.6 is 0 Å². The van der Waals surface area contributed by atoms with E-state index in [1.807, 2.05) is 30.3 Å². The van der Waals surface area contributed by atoms with Gasteiger partial charge in [-0.25, -0.2) is 4.79 Å². The van der Waals surface area contributed by atoms with Crippen LogP contribution in [0.5, 0.6) is 0 Å². The first-order chi connectivity index (χ1) is 8.74. The predicted molar refractivity (Wildman–Crippen MR) is 70.0 cm³/mol. The van der Waals surface area contributed by atoms with Crippen LogP contribution in [0.2, 0.25) is 0 Å². The molecular formula is C14H20N2O2. The normalized spacial score (nSPS) is 23.4. The molecule has 0 aromatic heterocycles. The van der Waals surface area contributed by atoms with Gasteiger partial charge in [-0.1, -0.05) is 30.3 Å². The number of hydrogen-bond donors (Lipinski definition) is 2. The molecule has 2 rings (SSSR count). The minimum atomic E-state index is -0.349. The smallest absolute Gasteiger partial charge is 0.407 e. The van der Waals surface area contributed by atoms with Crippen molar-refractivity contribution < 1.29 is 9.53 Å². The van der Waals surface area contributed by atoms with Crippen molar-refractivity contribution in [2.45, 2.75) is 44.4 Å². The standard InChI is InChI=1S/C14H20N2O2/c15-12-7-4-8-13(9-12)18-14(17)16-10-11-5-2-1-3-6-11/h1-3,5-6,12-13H,4,7-10,15H2,(H,16,17). The highest BCUT2D eigenvalue weighted by molar-refractivity contribution is 5.67. The average Bonchev–Trinajstić information content (AvgIpc) is 2.38. The van der Waals surface area contributed by atoms with Crippen molar-refractivity contribution in [3.05, 3.63) is 35.9 Å². The zero-order chi connectivity index (χ0) is 12.8. The van der Waals surface area contributed by atoms with Gasteiger partial charge in [0.1, 0.15) is 6.10 Å². The lowest BCUT2D eigenvalue weighted by Gasteiger charge is -2.26. The summed E-state index contributed by atoms with van der Waals surface area (Å²) in [6.07, 6.45) is 3.40. The Hall–Kier alpha value is -1.55. The van der Waals surface area contributed by atoms with Crippen molar-refractivity contribution in [3.63, 3.8) is 0 Å². The highest BCUT2D eigenvalue weighted by Crippen LogP contribution is 2.19. The van der Waals surface area contributed by atoms with Crippen LogP contribution in [0.15, 0.2) is 30.3 Å². The van der Waals surface area contributed by atoms with Gasteiger partial charge in [0, 0.05) is 12.6 Å². The van der Waals surface area contributed by atoms with Gasteiger partial charge in [0.05, 0.1) is 0 Å². The lowest BCUT2D eigenvalue weighted by molar-refractivity contribution is 0.0701. The molecule has 3 N–H and O–H groups in total. The fourth-order valence-corrected chi connectivity index (χ4v) is 2.25. The average molecular weight is 248 g/mol. The lowest BCUT2D eigenvalue weighted by atomic mass is 9.94. The van der Waals surface area contributed by atoms with Gasteiger partial charge in [-0.3, -0.25) is 0 Å². The van der Waals surface area contributed by atoms with Crippen molar-refractivity contribution in [1.82, 2.24) is 5.32 Å². The van der Waals surface area contributed by atoms with Crippen molar-refractivity contribution >= 4 is 6.09 Å². The van der Waals surface area contributed by atoms with E-state index in [-0.39, 0.29) is 18.2 Å². The largest absolute Gasteiger partial charge is 0.446 e. The zero-order valence-electron chi connectivity index (χ0n) is 10.5. The summed E-state index contributed by atoms with van der Waals surface area (Å²) in [5.74, 6) is 0. The number of hydrogen-bond acceptors (Lipinski definition) is 3. The molecule has 2 atom stereocenters. The van der Waals surface area contributed by atoms with E-state index in [1.165, 1.54) is 0 Å². The topological polar surface area (TPSA) is 64.3 Å². The summed E-state index contributed by atoms with van der Waals surface area (Å²) in [5, 5.41) is 2.76. The third-order valence-electron chi connectivity index (χ3n) is 3.22. The maximum absolute atomic E-state index is 11.6. The highest BCUT2D eigenvalue weighted by Gasteiger charge is 2.22. The molecule has 1 amide bonds. The van der Waals surface area contributed by atoms with Crippen LogP contribution in [-0.2, 0) is 11.3 Å². The number of nitrogens with two attached hydrogens (primary N) is 1. The molecule has 1 aliphatic rings. The minimum absolute atomic E-state index is 0.0236. The van der Waals surface area contributed by atoms with Crippen molar-refractivity contribution in [3.8, 4) is 0 Å². The summed E-state index contributed by atoms with van der Waals surface area (Å²) in [4.78, 5) is 11.6. The minimum Gasteiger partial charge on any atom is -0.446 e. The van der Waals surface area contributed by atoms with Crippen molar-refractivity contribution in [2.75, 3.05) is 0 Å². The van der Waals surface area contributed by atoms with E-state index < -0.39 is 0 Å². The van der Waals surface area contributed by atoms with E-state index in [0.29, 0.717) is 6.54 Å². The molecule has 4 heteroatoms. The molecule has 0 bridgehead atoms. The van der Waals surface area contributed by atoms with Crippen LogP contribution < -0.4 is 11.1 Å². The van der Waals surface area contributed by atoms with E-state index in [2.05, 4.69) is 5.32 Å². The molecule has 0 radical (unpaired) electrons. The fourth-order valence-electron chi connectivity index (χ4n) is 2.25. The molecule has 0 saturated heterocycles. The summed E-state index contributed by atoms with van der Waals surface area (Å²) in [6.45, 7) is 0.498. The molecule has 18 heavy (non-hydrogen) atoms. The third-order valence-corrected chi connectivity index (χ3v) is 3.22. The molecule has 0 spiro atoms. The molecule has 1 aromatic carbocycles. The van der Waals surface area contributed by atoms with E-state index in [0.717, 1.165) is 31.2 Å². The Balaban J connectivity index is 1.72. The summed E-state index contributed by atoms with van der Waals surface area (Å²) >= 11 is 0. The number of amides is 1. The second-order valence-corrected chi connectivity index (χ2v) is 4.79. The van der Waals surface area contributed by atoms with Gasteiger partial charge in [-0.05, 0) is 31.2 Å². The first-order valence-corrected chi connectivity index (χ1v) is 6.48. The van der Waals surface area contributed by atoms with Gasteiger partial charge in [0.15, 0.2) is 0 Å². The van der Waals surface area contributed by atoms with Gasteiger partial charge in [0.2, 0.25) is 0 Å². The van der Waals surface area contributed by atoms with Crippen LogP contribution in [0, 0.1) is 0 Å². The predicted octanol–water partition coefficient (Wildman–Crippen LogP) is 2.18. The number of nitrogens with one attached hydrogen (secondary N) is 1. The quantitative estimate of drug-likeness (QED) is 0.861. The van der Waals surface area contributed by atoms with Crippen molar-refractivity contribution in [2.24, 2.45) is 5.73 Å². The Labute approximate surface area is 108 Å². The molecule has 4 nitrogen and oxygen atoms in total. The summed E-state index contributed by atoms with van der Waals surface area (Å²) in [6, 6.07) is 9.95. The summed E-state index contributed by atoms with van der Waals surface area (Å²) in [5.41, 5.74) is 6.92. The maximum Gasteiger partial charge on any atom is 0.407 e. The number of ether oxygens (including phenoxy) is 1. The molecular weight excluding hydrogens is 228 g/mol. The van der Waals surface area contributed by atoms with Crippen LogP contribution in [0.1, 0.15) is 31.2 Å². The summed E-state index contributed by atoms with van der Waals surface area (Å²) < 4.78 is 5.35. The molecule has 98 valence electrons. The second-order valence-electron chi connectivity index (χ2n) is 4.79. The Morgan fingerprint density at radius 1 is 1.33 bits per heavy atom. The van der Waals surface area contributed by atoms with Crippen LogP contribution in [0.4, 0.5) is 4.79 Å². The Kier molecular flexibility index (Phi) is 4.59. The number of alkyl carbamates (subject to hydrolysis) is 1. The highest BCUT2D eigenvalue weighted by atomic mass is 16.6. The van der Waals surface area contributed by atoms with Gasteiger partial charge in [0.25, 0.3) is 0 Å². The van der Waals surface area contributed by atoms with Crippen LogP contribution in [0.3, 0.4) is 0 Å². The van der Waals surface area contributed by atoms with Crippen LogP contribution in [-0.4, -0.2) is 18.2 Å². The lowest BCUT2D eigenvalue weighted by Crippen LogP contribution is -2.36. The van der Waals surface area contributed by atoms with E-state index in [9.17, 15) is 4.79 Å². The Morgan fingerprint density at radius 2 is 2.11 bits per heavy atom. The molecule has 1 aromatic rings. The molecule has 2 unspecified atom stereocenters. The third kappa shape index (κ3) is 4.04. The second kappa shape index (κ2) is 6.40. The van der Waals surface area contributed by atoms with Crippen molar-refractivity contribution in [1.29, 1.82) is 0 Å². The van der Waals surface area contributed by atoms with Crippen LogP contribution in [0.25, 0.3) is 0 Å². The number of benzene rings is 1. The van der Waals surface area contributed by atoms with Gasteiger partial charge in [-0.2, -0.15) is 0 Å². The van der Waals surface area contributed by atoms with Gasteiger partial charge >= 0.3 is 6.09 Å².